The lowest BCUT2D eigenvalue weighted by Crippen LogP contribution is -2.23. The van der Waals surface area contributed by atoms with Gasteiger partial charge < -0.3 is 4.55 Å². The highest BCUT2D eigenvalue weighted by atomic mass is 32.2. The third-order valence-corrected chi connectivity index (χ3v) is 3.26. The number of aromatic nitrogens is 2. The topological polar surface area (TPSA) is 152 Å². The SMILES string of the molecule is C[n+]1ccn(-c2ccc([N+](=O)[O-])cc2[N+](=O)[O-])c1.O=S(=O)([O-])C(F)(F)F. The number of alkyl halides is 3. The highest BCUT2D eigenvalue weighted by Gasteiger charge is 2.36. The molecule has 0 N–H and O–H groups in total. The van der Waals surface area contributed by atoms with E-state index in [1.54, 1.807) is 30.3 Å². The van der Waals surface area contributed by atoms with E-state index in [2.05, 4.69) is 0 Å². The Morgan fingerprint density at radius 2 is 1.69 bits per heavy atom. The number of rotatable bonds is 3. The van der Waals surface area contributed by atoms with Crippen LogP contribution in [0.25, 0.3) is 5.69 Å². The van der Waals surface area contributed by atoms with Gasteiger partial charge in [0.1, 0.15) is 12.4 Å². The molecule has 26 heavy (non-hydrogen) atoms. The van der Waals surface area contributed by atoms with E-state index >= 15 is 0 Å². The zero-order valence-electron chi connectivity index (χ0n) is 12.7. The Morgan fingerprint density at radius 3 is 2.04 bits per heavy atom. The average molecular weight is 398 g/mol. The third-order valence-electron chi connectivity index (χ3n) is 2.70. The Hall–Kier alpha value is -3.07. The summed E-state index contributed by atoms with van der Waals surface area (Å²) in [5.41, 5.74) is -5.97. The van der Waals surface area contributed by atoms with Crippen LogP contribution in [0.3, 0.4) is 0 Å². The first-order valence-corrected chi connectivity index (χ1v) is 7.63. The summed E-state index contributed by atoms with van der Waals surface area (Å²) < 4.78 is 62.1. The molecule has 0 fully saturated rings. The highest BCUT2D eigenvalue weighted by molar-refractivity contribution is 7.86. The summed E-state index contributed by atoms with van der Waals surface area (Å²) >= 11 is 0. The van der Waals surface area contributed by atoms with Gasteiger partial charge in [0.05, 0.1) is 23.0 Å². The monoisotopic (exact) mass is 398 g/mol. The number of nitrogens with zero attached hydrogens (tertiary/aromatic N) is 4. The molecular weight excluding hydrogens is 389 g/mol. The fraction of sp³-hybridized carbons (Fsp3) is 0.182. The Labute approximate surface area is 143 Å². The van der Waals surface area contributed by atoms with Crippen LogP contribution in [-0.2, 0) is 17.2 Å². The van der Waals surface area contributed by atoms with Gasteiger partial charge in [0.25, 0.3) is 5.69 Å². The maximum Gasteiger partial charge on any atom is 0.485 e. The Kier molecular flexibility index (Phi) is 6.00. The van der Waals surface area contributed by atoms with E-state index in [-0.39, 0.29) is 17.1 Å². The van der Waals surface area contributed by atoms with Crippen LogP contribution < -0.4 is 4.57 Å². The summed E-state index contributed by atoms with van der Waals surface area (Å²) in [5.74, 6) is 0. The fourth-order valence-corrected chi connectivity index (χ4v) is 1.58. The van der Waals surface area contributed by atoms with Crippen molar-refractivity contribution in [3.05, 3.63) is 57.1 Å². The van der Waals surface area contributed by atoms with Crippen LogP contribution >= 0.6 is 0 Å². The first-order chi connectivity index (χ1) is 11.7. The van der Waals surface area contributed by atoms with Crippen molar-refractivity contribution in [3.8, 4) is 5.69 Å². The van der Waals surface area contributed by atoms with Crippen LogP contribution in [0, 0.1) is 20.2 Å². The molecule has 0 saturated heterocycles. The second kappa shape index (κ2) is 7.44. The van der Waals surface area contributed by atoms with Crippen molar-refractivity contribution in [2.24, 2.45) is 7.05 Å². The molecule has 15 heteroatoms. The minimum Gasteiger partial charge on any atom is -0.741 e. The molecule has 142 valence electrons. The predicted octanol–water partition coefficient (Wildman–Crippen LogP) is 1.17. The number of benzene rings is 1. The van der Waals surface area contributed by atoms with Gasteiger partial charge in [-0.1, -0.05) is 0 Å². The quantitative estimate of drug-likeness (QED) is 0.247. The summed E-state index contributed by atoms with van der Waals surface area (Å²) in [6.07, 6.45) is 4.98. The fourth-order valence-electron chi connectivity index (χ4n) is 1.58. The summed E-state index contributed by atoms with van der Waals surface area (Å²) in [7, 11) is -4.32. The average Bonchev–Trinajstić information content (AvgIpc) is 2.91. The van der Waals surface area contributed by atoms with Crippen molar-refractivity contribution in [2.75, 3.05) is 0 Å². The molecule has 11 nitrogen and oxygen atoms in total. The van der Waals surface area contributed by atoms with Gasteiger partial charge in [0, 0.05) is 6.07 Å². The van der Waals surface area contributed by atoms with Gasteiger partial charge in [-0.15, -0.1) is 0 Å². The number of non-ortho nitro benzene ring substituents is 1. The lowest BCUT2D eigenvalue weighted by Gasteiger charge is -2.08. The smallest absolute Gasteiger partial charge is 0.485 e. The van der Waals surface area contributed by atoms with Crippen LogP contribution in [0.4, 0.5) is 24.5 Å². The molecule has 1 aromatic heterocycles. The van der Waals surface area contributed by atoms with Gasteiger partial charge in [-0.2, -0.15) is 17.7 Å². The lowest BCUT2D eigenvalue weighted by molar-refractivity contribution is -0.670. The standard InChI is InChI=1S/C10H9N4O4.CHF3O3S/c1-11-4-5-12(7-11)9-3-2-8(13(15)16)6-10(9)14(17)18;2-1(3,4)8(5,6)7/h2-7H,1H3;(H,5,6,7)/q+1;/p-1. The molecule has 0 atom stereocenters. The maximum absolute atomic E-state index is 10.9. The van der Waals surface area contributed by atoms with Crippen molar-refractivity contribution in [1.29, 1.82) is 0 Å². The largest absolute Gasteiger partial charge is 0.741 e. The van der Waals surface area contributed by atoms with Gasteiger partial charge in [0.15, 0.2) is 10.1 Å². The van der Waals surface area contributed by atoms with E-state index in [1.165, 1.54) is 16.7 Å². The minimum absolute atomic E-state index is 0.284. The molecule has 2 aromatic rings. The number of aryl methyl sites for hydroxylation is 1. The van der Waals surface area contributed by atoms with E-state index in [4.69, 9.17) is 13.0 Å². The molecule has 0 bridgehead atoms. The van der Waals surface area contributed by atoms with E-state index in [1.807, 2.05) is 0 Å². The maximum atomic E-state index is 10.9. The molecule has 0 aliphatic heterocycles. The van der Waals surface area contributed by atoms with E-state index in [0.717, 1.165) is 6.07 Å². The van der Waals surface area contributed by atoms with Gasteiger partial charge in [-0.25, -0.2) is 13.0 Å². The Morgan fingerprint density at radius 1 is 1.15 bits per heavy atom. The van der Waals surface area contributed by atoms with Gasteiger partial charge in [-0.05, 0) is 6.07 Å². The molecule has 0 saturated carbocycles. The van der Waals surface area contributed by atoms with E-state index in [9.17, 15) is 33.4 Å². The lowest BCUT2D eigenvalue weighted by atomic mass is 10.2. The Bertz CT molecular complexity index is 940. The Balaban J connectivity index is 0.000000359. The molecule has 1 aromatic carbocycles. The number of nitro groups is 2. The predicted molar refractivity (Wildman–Crippen MR) is 76.0 cm³/mol. The van der Waals surface area contributed by atoms with Crippen LogP contribution in [0.2, 0.25) is 0 Å². The number of hydrogen-bond donors (Lipinski definition) is 0. The molecule has 2 rings (SSSR count). The minimum atomic E-state index is -6.09. The van der Waals surface area contributed by atoms with Gasteiger partial charge in [-0.3, -0.25) is 20.2 Å². The molecular formula is C11H9F3N4O7S. The first-order valence-electron chi connectivity index (χ1n) is 6.22. The van der Waals surface area contributed by atoms with Crippen molar-refractivity contribution >= 4 is 21.5 Å². The zero-order chi connectivity index (χ0) is 20.3. The molecule has 0 radical (unpaired) electrons. The van der Waals surface area contributed by atoms with E-state index in [0.29, 0.717) is 0 Å². The van der Waals surface area contributed by atoms with Crippen LogP contribution in [0.15, 0.2) is 36.9 Å². The van der Waals surface area contributed by atoms with Gasteiger partial charge in [0.2, 0.25) is 12.0 Å². The van der Waals surface area contributed by atoms with Crippen LogP contribution in [0.5, 0.6) is 0 Å². The highest BCUT2D eigenvalue weighted by Crippen LogP contribution is 2.27. The van der Waals surface area contributed by atoms with Crippen molar-refractivity contribution in [2.45, 2.75) is 5.51 Å². The molecule has 0 aliphatic carbocycles. The molecule has 0 amide bonds. The van der Waals surface area contributed by atoms with E-state index < -0.39 is 25.5 Å². The number of nitro benzene ring substituents is 2. The second-order valence-electron chi connectivity index (χ2n) is 4.57. The normalized spacial score (nSPS) is 11.4. The van der Waals surface area contributed by atoms with Crippen molar-refractivity contribution in [3.63, 3.8) is 0 Å². The van der Waals surface area contributed by atoms with Gasteiger partial charge >= 0.3 is 11.2 Å². The van der Waals surface area contributed by atoms with Crippen LogP contribution in [0.1, 0.15) is 0 Å². The summed E-state index contributed by atoms with van der Waals surface area (Å²) in [4.78, 5) is 20.2. The molecule has 0 aliphatic rings. The third kappa shape index (κ3) is 5.21. The zero-order valence-corrected chi connectivity index (χ0v) is 13.5. The van der Waals surface area contributed by atoms with Crippen molar-refractivity contribution in [1.82, 2.24) is 4.57 Å². The molecule has 0 unspecified atom stereocenters. The molecule has 0 spiro atoms. The van der Waals surface area contributed by atoms with Crippen molar-refractivity contribution < 1.29 is 40.6 Å². The number of hydrogen-bond acceptors (Lipinski definition) is 7. The number of halogens is 3. The summed E-state index contributed by atoms with van der Waals surface area (Å²) in [6, 6.07) is 3.55. The first kappa shape index (κ1) is 21.0. The number of imidazole rings is 1. The summed E-state index contributed by atoms with van der Waals surface area (Å²) in [5, 5.41) is 21.5. The summed E-state index contributed by atoms with van der Waals surface area (Å²) in [6.45, 7) is 0. The molecule has 1 heterocycles. The van der Waals surface area contributed by atoms with Crippen LogP contribution in [-0.4, -0.2) is 32.9 Å². The second-order valence-corrected chi connectivity index (χ2v) is 5.94.